The Morgan fingerprint density at radius 3 is 2.24 bits per heavy atom. The van der Waals surface area contributed by atoms with E-state index in [9.17, 15) is 0 Å². The summed E-state index contributed by atoms with van der Waals surface area (Å²) < 4.78 is 6.03. The predicted octanol–water partition coefficient (Wildman–Crippen LogP) is 3.40. The Bertz CT molecular complexity index is 443. The normalized spacial score (nSPS) is 22.5. The number of anilines is 1. The summed E-state index contributed by atoms with van der Waals surface area (Å²) in [5, 5.41) is 0. The second kappa shape index (κ2) is 6.27. The van der Waals surface area contributed by atoms with Gasteiger partial charge in [0.25, 0.3) is 0 Å². The molecule has 0 amide bonds. The fourth-order valence-corrected chi connectivity index (χ4v) is 3.45. The summed E-state index contributed by atoms with van der Waals surface area (Å²) in [6.45, 7) is 7.76. The first-order valence-corrected chi connectivity index (χ1v) is 8.31. The Morgan fingerprint density at radius 1 is 1.00 bits per heavy atom. The van der Waals surface area contributed by atoms with Crippen LogP contribution >= 0.6 is 0 Å². The maximum atomic E-state index is 6.03. The molecule has 1 aromatic rings. The number of rotatable bonds is 4. The zero-order valence-corrected chi connectivity index (χ0v) is 13.5. The lowest BCUT2D eigenvalue weighted by molar-refractivity contribution is 0.168. The topological polar surface area (TPSA) is 15.7 Å². The SMILES string of the molecule is CN1CCN(c2ccc(OCC3(C)CCCC3)cc2)CC1. The van der Waals surface area contributed by atoms with E-state index in [4.69, 9.17) is 4.74 Å². The molecular weight excluding hydrogens is 260 g/mol. The number of ether oxygens (including phenoxy) is 1. The standard InChI is InChI=1S/C18H28N2O/c1-18(9-3-4-10-18)15-21-17-7-5-16(6-8-17)20-13-11-19(2)12-14-20/h5-8H,3-4,9-15H2,1-2H3. The summed E-state index contributed by atoms with van der Waals surface area (Å²) in [5.41, 5.74) is 1.72. The van der Waals surface area contributed by atoms with Gasteiger partial charge in [-0.25, -0.2) is 0 Å². The van der Waals surface area contributed by atoms with Crippen molar-refractivity contribution in [1.82, 2.24) is 4.90 Å². The van der Waals surface area contributed by atoms with Crippen molar-refractivity contribution in [2.24, 2.45) is 5.41 Å². The Morgan fingerprint density at radius 2 is 1.62 bits per heavy atom. The molecule has 0 atom stereocenters. The van der Waals surface area contributed by atoms with Crippen molar-refractivity contribution < 1.29 is 4.74 Å². The first-order valence-electron chi connectivity index (χ1n) is 8.31. The first kappa shape index (κ1) is 14.7. The van der Waals surface area contributed by atoms with Crippen LogP contribution in [-0.4, -0.2) is 44.7 Å². The molecule has 0 unspecified atom stereocenters. The maximum Gasteiger partial charge on any atom is 0.119 e. The van der Waals surface area contributed by atoms with E-state index in [1.807, 2.05) is 0 Å². The van der Waals surface area contributed by atoms with Crippen LogP contribution in [-0.2, 0) is 0 Å². The Hall–Kier alpha value is -1.22. The van der Waals surface area contributed by atoms with E-state index in [1.165, 1.54) is 31.4 Å². The number of likely N-dealkylation sites (N-methyl/N-ethyl adjacent to an activating group) is 1. The van der Waals surface area contributed by atoms with Crippen molar-refractivity contribution >= 4 is 5.69 Å². The van der Waals surface area contributed by atoms with Gasteiger partial charge in [0.2, 0.25) is 0 Å². The molecule has 2 aliphatic rings. The minimum Gasteiger partial charge on any atom is -0.493 e. The number of hydrogen-bond donors (Lipinski definition) is 0. The molecule has 0 N–H and O–H groups in total. The second-order valence-electron chi connectivity index (χ2n) is 7.09. The van der Waals surface area contributed by atoms with Crippen LogP contribution in [0.1, 0.15) is 32.6 Å². The van der Waals surface area contributed by atoms with Crippen LogP contribution in [0.15, 0.2) is 24.3 Å². The molecule has 1 heterocycles. The van der Waals surface area contributed by atoms with Crippen LogP contribution in [0.2, 0.25) is 0 Å². The second-order valence-corrected chi connectivity index (χ2v) is 7.09. The lowest BCUT2D eigenvalue weighted by Crippen LogP contribution is -2.44. The largest absolute Gasteiger partial charge is 0.493 e. The first-order chi connectivity index (χ1) is 10.1. The molecule has 0 aromatic heterocycles. The van der Waals surface area contributed by atoms with Crippen molar-refractivity contribution in [3.05, 3.63) is 24.3 Å². The summed E-state index contributed by atoms with van der Waals surface area (Å²) in [4.78, 5) is 4.85. The number of piperazine rings is 1. The zero-order valence-electron chi connectivity index (χ0n) is 13.5. The van der Waals surface area contributed by atoms with E-state index in [0.29, 0.717) is 5.41 Å². The van der Waals surface area contributed by atoms with Crippen molar-refractivity contribution in [2.45, 2.75) is 32.6 Å². The van der Waals surface area contributed by atoms with Crippen LogP contribution in [0.5, 0.6) is 5.75 Å². The molecule has 3 nitrogen and oxygen atoms in total. The van der Waals surface area contributed by atoms with Gasteiger partial charge >= 0.3 is 0 Å². The highest BCUT2D eigenvalue weighted by Gasteiger charge is 2.29. The average molecular weight is 288 g/mol. The van der Waals surface area contributed by atoms with Crippen LogP contribution in [0.3, 0.4) is 0 Å². The number of nitrogens with zero attached hydrogens (tertiary/aromatic N) is 2. The maximum absolute atomic E-state index is 6.03. The van der Waals surface area contributed by atoms with E-state index in [0.717, 1.165) is 38.5 Å². The summed E-state index contributed by atoms with van der Waals surface area (Å²) in [7, 11) is 2.19. The molecule has 0 bridgehead atoms. The fourth-order valence-electron chi connectivity index (χ4n) is 3.45. The van der Waals surface area contributed by atoms with Gasteiger partial charge in [0.15, 0.2) is 0 Å². The monoisotopic (exact) mass is 288 g/mol. The van der Waals surface area contributed by atoms with Gasteiger partial charge in [0.05, 0.1) is 6.61 Å². The number of benzene rings is 1. The highest BCUT2D eigenvalue weighted by Crippen LogP contribution is 2.37. The minimum absolute atomic E-state index is 0.399. The zero-order chi connectivity index (χ0) is 14.7. The molecule has 2 fully saturated rings. The van der Waals surface area contributed by atoms with Crippen LogP contribution < -0.4 is 9.64 Å². The quantitative estimate of drug-likeness (QED) is 0.844. The van der Waals surface area contributed by atoms with Gasteiger partial charge in [-0.2, -0.15) is 0 Å². The predicted molar refractivity (Wildman–Crippen MR) is 88.2 cm³/mol. The summed E-state index contributed by atoms with van der Waals surface area (Å²) in [6, 6.07) is 8.67. The van der Waals surface area contributed by atoms with Crippen LogP contribution in [0.4, 0.5) is 5.69 Å². The molecule has 1 saturated heterocycles. The highest BCUT2D eigenvalue weighted by molar-refractivity contribution is 5.49. The molecular formula is C18H28N2O. The Kier molecular flexibility index (Phi) is 4.39. The molecule has 1 saturated carbocycles. The van der Waals surface area contributed by atoms with E-state index in [2.05, 4.69) is 48.0 Å². The van der Waals surface area contributed by atoms with E-state index >= 15 is 0 Å². The molecule has 0 spiro atoms. The lowest BCUT2D eigenvalue weighted by Gasteiger charge is -2.34. The highest BCUT2D eigenvalue weighted by atomic mass is 16.5. The molecule has 3 rings (SSSR count). The summed E-state index contributed by atoms with van der Waals surface area (Å²) in [6.07, 6.45) is 5.35. The summed E-state index contributed by atoms with van der Waals surface area (Å²) >= 11 is 0. The number of hydrogen-bond acceptors (Lipinski definition) is 3. The van der Waals surface area contributed by atoms with E-state index in [-0.39, 0.29) is 0 Å². The van der Waals surface area contributed by atoms with Crippen molar-refractivity contribution in [3.8, 4) is 5.75 Å². The van der Waals surface area contributed by atoms with Gasteiger partial charge in [-0.15, -0.1) is 0 Å². The van der Waals surface area contributed by atoms with Crippen molar-refractivity contribution in [1.29, 1.82) is 0 Å². The third-order valence-corrected chi connectivity index (χ3v) is 5.10. The molecule has 1 aliphatic heterocycles. The molecule has 1 aliphatic carbocycles. The summed E-state index contributed by atoms with van der Waals surface area (Å²) in [5.74, 6) is 1.01. The third kappa shape index (κ3) is 3.70. The minimum atomic E-state index is 0.399. The van der Waals surface area contributed by atoms with Crippen LogP contribution in [0, 0.1) is 5.41 Å². The smallest absolute Gasteiger partial charge is 0.119 e. The molecule has 21 heavy (non-hydrogen) atoms. The lowest BCUT2D eigenvalue weighted by atomic mass is 9.90. The van der Waals surface area contributed by atoms with Crippen molar-refractivity contribution in [2.75, 3.05) is 44.7 Å². The molecule has 116 valence electrons. The van der Waals surface area contributed by atoms with Gasteiger partial charge in [-0.3, -0.25) is 0 Å². The van der Waals surface area contributed by atoms with Gasteiger partial charge < -0.3 is 14.5 Å². The van der Waals surface area contributed by atoms with Crippen LogP contribution in [0.25, 0.3) is 0 Å². The Balaban J connectivity index is 1.54. The average Bonchev–Trinajstić information content (AvgIpc) is 2.94. The molecule has 0 radical (unpaired) electrons. The van der Waals surface area contributed by atoms with Gasteiger partial charge in [0, 0.05) is 37.3 Å². The Labute approximate surface area is 128 Å². The van der Waals surface area contributed by atoms with Crippen molar-refractivity contribution in [3.63, 3.8) is 0 Å². The fraction of sp³-hybridized carbons (Fsp3) is 0.667. The van der Waals surface area contributed by atoms with Gasteiger partial charge in [0.1, 0.15) is 5.75 Å². The molecule has 1 aromatic carbocycles. The third-order valence-electron chi connectivity index (χ3n) is 5.10. The van der Waals surface area contributed by atoms with E-state index in [1.54, 1.807) is 0 Å². The van der Waals surface area contributed by atoms with Gasteiger partial charge in [-0.05, 0) is 44.2 Å². The van der Waals surface area contributed by atoms with E-state index < -0.39 is 0 Å². The van der Waals surface area contributed by atoms with Gasteiger partial charge in [-0.1, -0.05) is 19.8 Å². The molecule has 3 heteroatoms.